The van der Waals surface area contributed by atoms with Crippen LogP contribution in [-0.2, 0) is 16.1 Å². The highest BCUT2D eigenvalue weighted by molar-refractivity contribution is 7.09. The van der Waals surface area contributed by atoms with Gasteiger partial charge in [0, 0.05) is 24.0 Å². The molecule has 0 bridgehead atoms. The second kappa shape index (κ2) is 5.28. The van der Waals surface area contributed by atoms with Crippen LogP contribution in [0.4, 0.5) is 0 Å². The van der Waals surface area contributed by atoms with E-state index in [0.717, 1.165) is 26.1 Å². The van der Waals surface area contributed by atoms with E-state index >= 15 is 0 Å². The number of amides is 1. The summed E-state index contributed by atoms with van der Waals surface area (Å²) in [5.41, 5.74) is 0. The second-order valence-electron chi connectivity index (χ2n) is 3.68. The summed E-state index contributed by atoms with van der Waals surface area (Å²) in [5, 5.41) is 4.99. The van der Waals surface area contributed by atoms with Crippen LogP contribution in [0.3, 0.4) is 0 Å². The molecule has 1 N–H and O–H groups in total. The molecular formula is C11H15NO2S. The van der Waals surface area contributed by atoms with Gasteiger partial charge in [-0.2, -0.15) is 0 Å². The summed E-state index contributed by atoms with van der Waals surface area (Å²) < 4.78 is 5.22. The van der Waals surface area contributed by atoms with E-state index in [1.807, 2.05) is 17.5 Å². The lowest BCUT2D eigenvalue weighted by Crippen LogP contribution is -2.33. The van der Waals surface area contributed by atoms with Gasteiger partial charge in [0.1, 0.15) is 0 Å². The van der Waals surface area contributed by atoms with E-state index < -0.39 is 0 Å². The molecule has 2 rings (SSSR count). The Morgan fingerprint density at radius 2 is 2.33 bits per heavy atom. The van der Waals surface area contributed by atoms with Gasteiger partial charge < -0.3 is 10.1 Å². The van der Waals surface area contributed by atoms with Crippen molar-refractivity contribution < 1.29 is 9.53 Å². The molecule has 1 amide bonds. The molecule has 0 atom stereocenters. The van der Waals surface area contributed by atoms with Crippen molar-refractivity contribution in [2.24, 2.45) is 5.92 Å². The van der Waals surface area contributed by atoms with Crippen LogP contribution < -0.4 is 5.32 Å². The molecule has 0 unspecified atom stereocenters. The minimum absolute atomic E-state index is 0.152. The summed E-state index contributed by atoms with van der Waals surface area (Å²) in [7, 11) is 0. The topological polar surface area (TPSA) is 38.3 Å². The Hall–Kier alpha value is -0.870. The summed E-state index contributed by atoms with van der Waals surface area (Å²) in [6.07, 6.45) is 1.71. The van der Waals surface area contributed by atoms with E-state index in [-0.39, 0.29) is 11.8 Å². The fourth-order valence-electron chi connectivity index (χ4n) is 1.69. The molecule has 0 aliphatic carbocycles. The van der Waals surface area contributed by atoms with Crippen molar-refractivity contribution >= 4 is 17.2 Å². The first-order valence-corrected chi connectivity index (χ1v) is 6.12. The first kappa shape index (κ1) is 10.6. The minimum atomic E-state index is 0.152. The van der Waals surface area contributed by atoms with Crippen molar-refractivity contribution in [3.05, 3.63) is 22.4 Å². The number of thiophene rings is 1. The van der Waals surface area contributed by atoms with Gasteiger partial charge in [-0.05, 0) is 24.3 Å². The average molecular weight is 225 g/mol. The molecule has 1 fully saturated rings. The summed E-state index contributed by atoms with van der Waals surface area (Å²) >= 11 is 1.67. The van der Waals surface area contributed by atoms with Gasteiger partial charge in [-0.3, -0.25) is 4.79 Å². The minimum Gasteiger partial charge on any atom is -0.381 e. The molecule has 1 aliphatic heterocycles. The number of rotatable bonds is 3. The van der Waals surface area contributed by atoms with Gasteiger partial charge in [0.15, 0.2) is 0 Å². The summed E-state index contributed by atoms with van der Waals surface area (Å²) in [4.78, 5) is 12.9. The van der Waals surface area contributed by atoms with Gasteiger partial charge >= 0.3 is 0 Å². The van der Waals surface area contributed by atoms with Crippen LogP contribution in [0.5, 0.6) is 0 Å². The van der Waals surface area contributed by atoms with Crippen molar-refractivity contribution in [3.8, 4) is 0 Å². The molecule has 1 saturated heterocycles. The smallest absolute Gasteiger partial charge is 0.223 e. The highest BCUT2D eigenvalue weighted by Crippen LogP contribution is 2.15. The highest BCUT2D eigenvalue weighted by Gasteiger charge is 2.20. The van der Waals surface area contributed by atoms with E-state index in [9.17, 15) is 4.79 Å². The average Bonchev–Trinajstić information content (AvgIpc) is 2.80. The van der Waals surface area contributed by atoms with Crippen molar-refractivity contribution in [2.75, 3.05) is 13.2 Å². The summed E-state index contributed by atoms with van der Waals surface area (Å²) in [6, 6.07) is 4.04. The van der Waals surface area contributed by atoms with Crippen molar-refractivity contribution in [3.63, 3.8) is 0 Å². The third-order valence-corrected chi connectivity index (χ3v) is 3.49. The fourth-order valence-corrected chi connectivity index (χ4v) is 2.34. The van der Waals surface area contributed by atoms with Gasteiger partial charge in [0.2, 0.25) is 5.91 Å². The number of hydrogen-bond acceptors (Lipinski definition) is 3. The van der Waals surface area contributed by atoms with Crippen LogP contribution in [0.2, 0.25) is 0 Å². The zero-order valence-corrected chi connectivity index (χ0v) is 9.39. The van der Waals surface area contributed by atoms with Crippen LogP contribution >= 0.6 is 11.3 Å². The molecule has 0 aromatic carbocycles. The lowest BCUT2D eigenvalue weighted by atomic mass is 9.99. The van der Waals surface area contributed by atoms with E-state index in [4.69, 9.17) is 4.74 Å². The van der Waals surface area contributed by atoms with Crippen LogP contribution in [0.15, 0.2) is 17.5 Å². The number of nitrogens with one attached hydrogen (secondary N) is 1. The molecule has 3 nitrogen and oxygen atoms in total. The van der Waals surface area contributed by atoms with Crippen molar-refractivity contribution in [1.82, 2.24) is 5.32 Å². The van der Waals surface area contributed by atoms with E-state index in [1.165, 1.54) is 4.88 Å². The Labute approximate surface area is 93.4 Å². The maximum atomic E-state index is 11.7. The normalized spacial score (nSPS) is 17.6. The molecule has 0 spiro atoms. The van der Waals surface area contributed by atoms with E-state index in [0.29, 0.717) is 6.54 Å². The Morgan fingerprint density at radius 1 is 1.53 bits per heavy atom. The second-order valence-corrected chi connectivity index (χ2v) is 4.72. The Balaban J connectivity index is 1.76. The third kappa shape index (κ3) is 3.04. The maximum absolute atomic E-state index is 11.7. The molecule has 1 aromatic heterocycles. The third-order valence-electron chi connectivity index (χ3n) is 2.61. The van der Waals surface area contributed by atoms with Crippen molar-refractivity contribution in [2.45, 2.75) is 19.4 Å². The quantitative estimate of drug-likeness (QED) is 0.851. The van der Waals surface area contributed by atoms with Crippen LogP contribution in [0.1, 0.15) is 17.7 Å². The van der Waals surface area contributed by atoms with Gasteiger partial charge in [0.25, 0.3) is 0 Å². The lowest BCUT2D eigenvalue weighted by molar-refractivity contribution is -0.127. The molecule has 0 saturated carbocycles. The highest BCUT2D eigenvalue weighted by atomic mass is 32.1. The van der Waals surface area contributed by atoms with Crippen LogP contribution in [-0.4, -0.2) is 19.1 Å². The van der Waals surface area contributed by atoms with Gasteiger partial charge in [0.05, 0.1) is 6.54 Å². The predicted octanol–water partition coefficient (Wildman–Crippen LogP) is 1.79. The molecule has 1 aromatic rings. The molecule has 2 heterocycles. The van der Waals surface area contributed by atoms with E-state index in [2.05, 4.69) is 5.32 Å². The SMILES string of the molecule is O=C(NCc1cccs1)C1CCOCC1. The zero-order chi connectivity index (χ0) is 10.5. The Morgan fingerprint density at radius 3 is 3.00 bits per heavy atom. The Bertz CT molecular complexity index is 304. The maximum Gasteiger partial charge on any atom is 0.223 e. The van der Waals surface area contributed by atoms with Crippen LogP contribution in [0, 0.1) is 5.92 Å². The van der Waals surface area contributed by atoms with E-state index in [1.54, 1.807) is 11.3 Å². The lowest BCUT2D eigenvalue weighted by Gasteiger charge is -2.20. The number of carbonyl (C=O) groups is 1. The van der Waals surface area contributed by atoms with Gasteiger partial charge in [-0.1, -0.05) is 6.07 Å². The molecule has 4 heteroatoms. The number of carbonyl (C=O) groups excluding carboxylic acids is 1. The van der Waals surface area contributed by atoms with Gasteiger partial charge in [-0.25, -0.2) is 0 Å². The molecule has 15 heavy (non-hydrogen) atoms. The molecule has 82 valence electrons. The monoisotopic (exact) mass is 225 g/mol. The Kier molecular flexibility index (Phi) is 3.75. The van der Waals surface area contributed by atoms with Crippen LogP contribution in [0.25, 0.3) is 0 Å². The largest absolute Gasteiger partial charge is 0.381 e. The first-order valence-electron chi connectivity index (χ1n) is 5.24. The zero-order valence-electron chi connectivity index (χ0n) is 8.57. The standard InChI is InChI=1S/C11H15NO2S/c13-11(9-3-5-14-6-4-9)12-8-10-2-1-7-15-10/h1-2,7,9H,3-6,8H2,(H,12,13). The predicted molar refractivity (Wildman–Crippen MR) is 59.7 cm³/mol. The molecule has 1 aliphatic rings. The summed E-state index contributed by atoms with van der Waals surface area (Å²) in [5.74, 6) is 0.324. The van der Waals surface area contributed by atoms with Gasteiger partial charge in [-0.15, -0.1) is 11.3 Å². The summed E-state index contributed by atoms with van der Waals surface area (Å²) in [6.45, 7) is 2.10. The van der Waals surface area contributed by atoms with Crippen molar-refractivity contribution in [1.29, 1.82) is 0 Å². The first-order chi connectivity index (χ1) is 7.36. The fraction of sp³-hybridized carbons (Fsp3) is 0.545. The molecular weight excluding hydrogens is 210 g/mol. The molecule has 0 radical (unpaired) electrons. The number of ether oxygens (including phenoxy) is 1. The number of hydrogen-bond donors (Lipinski definition) is 1.